The lowest BCUT2D eigenvalue weighted by Crippen LogP contribution is -2.05. The summed E-state index contributed by atoms with van der Waals surface area (Å²) < 4.78 is 30.5. The van der Waals surface area contributed by atoms with Crippen molar-refractivity contribution in [2.24, 2.45) is 0 Å². The highest BCUT2D eigenvalue weighted by Crippen LogP contribution is 2.22. The third-order valence-electron chi connectivity index (χ3n) is 1.77. The second kappa shape index (κ2) is 3.87. The Hall–Kier alpha value is -1.60. The molecule has 3 N–H and O–H groups in total. The summed E-state index contributed by atoms with van der Waals surface area (Å²) in [5, 5.41) is 11.2. The van der Waals surface area contributed by atoms with Gasteiger partial charge in [-0.05, 0) is 18.2 Å². The molecule has 0 radical (unpaired) electrons. The minimum Gasteiger partial charge on any atom is -0.478 e. The van der Waals surface area contributed by atoms with Crippen LogP contribution in [0.1, 0.15) is 10.4 Å². The van der Waals surface area contributed by atoms with Gasteiger partial charge in [0.2, 0.25) is 0 Å². The summed E-state index contributed by atoms with van der Waals surface area (Å²) in [5.41, 5.74) is -0.0239. The molecule has 0 atom stereocenters. The maximum atomic E-state index is 10.9. The molecule has 6 nitrogen and oxygen atoms in total. The van der Waals surface area contributed by atoms with Gasteiger partial charge in [-0.2, -0.15) is 8.42 Å². The number of rotatable bonds is 3. The zero-order chi connectivity index (χ0) is 11.6. The largest absolute Gasteiger partial charge is 0.478 e. The molecule has 0 aliphatic heterocycles. The zero-order valence-corrected chi connectivity index (χ0v) is 8.58. The number of benzene rings is 1. The molecule has 82 valence electrons. The summed E-state index contributed by atoms with van der Waals surface area (Å²) in [4.78, 5) is 10.2. The SMILES string of the molecule is CNc1cc(C(=O)O)ccc1S(=O)(=O)O. The van der Waals surface area contributed by atoms with Crippen molar-refractivity contribution in [3.05, 3.63) is 23.8 Å². The molecule has 0 saturated heterocycles. The van der Waals surface area contributed by atoms with E-state index < -0.39 is 16.1 Å². The number of nitrogens with one attached hydrogen (secondary N) is 1. The third-order valence-corrected chi connectivity index (χ3v) is 2.69. The topological polar surface area (TPSA) is 104 Å². The van der Waals surface area contributed by atoms with Gasteiger partial charge in [0, 0.05) is 7.05 Å². The van der Waals surface area contributed by atoms with Crippen molar-refractivity contribution in [1.82, 2.24) is 0 Å². The fraction of sp³-hybridized carbons (Fsp3) is 0.125. The average Bonchev–Trinajstić information content (AvgIpc) is 2.15. The summed E-state index contributed by atoms with van der Waals surface area (Å²) >= 11 is 0. The van der Waals surface area contributed by atoms with Crippen LogP contribution >= 0.6 is 0 Å². The van der Waals surface area contributed by atoms with Crippen LogP contribution in [0.3, 0.4) is 0 Å². The summed E-state index contributed by atoms with van der Waals surface area (Å²) in [6.07, 6.45) is 0. The molecule has 0 unspecified atom stereocenters. The van der Waals surface area contributed by atoms with Gasteiger partial charge in [-0.15, -0.1) is 0 Å². The number of hydrogen-bond donors (Lipinski definition) is 3. The quantitative estimate of drug-likeness (QED) is 0.660. The van der Waals surface area contributed by atoms with E-state index in [9.17, 15) is 13.2 Å². The molecule has 0 aromatic heterocycles. The molecule has 0 amide bonds. The van der Waals surface area contributed by atoms with E-state index in [4.69, 9.17) is 9.66 Å². The first-order valence-corrected chi connectivity index (χ1v) is 5.33. The first kappa shape index (κ1) is 11.5. The molecule has 1 aromatic carbocycles. The molecule has 1 aromatic rings. The Morgan fingerprint density at radius 1 is 1.40 bits per heavy atom. The molecule has 0 aliphatic carbocycles. The predicted octanol–water partition coefficient (Wildman–Crippen LogP) is 0.673. The lowest BCUT2D eigenvalue weighted by atomic mass is 10.2. The van der Waals surface area contributed by atoms with Gasteiger partial charge in [0.25, 0.3) is 10.1 Å². The van der Waals surface area contributed by atoms with Crippen LogP contribution in [-0.2, 0) is 10.1 Å². The van der Waals surface area contributed by atoms with Crippen molar-refractivity contribution < 1.29 is 22.9 Å². The first-order valence-electron chi connectivity index (χ1n) is 3.89. The molecule has 0 saturated carbocycles. The highest BCUT2D eigenvalue weighted by Gasteiger charge is 2.16. The smallest absolute Gasteiger partial charge is 0.335 e. The van der Waals surface area contributed by atoms with E-state index in [1.54, 1.807) is 0 Å². The lowest BCUT2D eigenvalue weighted by molar-refractivity contribution is 0.0697. The minimum absolute atomic E-state index is 0.0393. The molecule has 1 rings (SSSR count). The first-order chi connectivity index (χ1) is 6.86. The van der Waals surface area contributed by atoms with E-state index in [1.807, 2.05) is 0 Å². The Bertz CT molecular complexity index is 494. The number of carboxylic acid groups (broad SMARTS) is 1. The monoisotopic (exact) mass is 231 g/mol. The second-order valence-electron chi connectivity index (χ2n) is 2.74. The molecule has 0 spiro atoms. The van der Waals surface area contributed by atoms with Gasteiger partial charge in [0.15, 0.2) is 0 Å². The summed E-state index contributed by atoms with van der Waals surface area (Å²) in [6, 6.07) is 3.27. The number of carbonyl (C=O) groups is 1. The van der Waals surface area contributed by atoms with Crippen LogP contribution in [-0.4, -0.2) is 31.1 Å². The van der Waals surface area contributed by atoms with Gasteiger partial charge in [-0.3, -0.25) is 4.55 Å². The Balaban J connectivity index is 3.40. The van der Waals surface area contributed by atoms with Gasteiger partial charge in [-0.25, -0.2) is 4.79 Å². The number of hydrogen-bond acceptors (Lipinski definition) is 4. The maximum Gasteiger partial charge on any atom is 0.335 e. The van der Waals surface area contributed by atoms with E-state index >= 15 is 0 Å². The van der Waals surface area contributed by atoms with Crippen LogP contribution in [0.5, 0.6) is 0 Å². The summed E-state index contributed by atoms with van der Waals surface area (Å²) in [6.45, 7) is 0. The summed E-state index contributed by atoms with van der Waals surface area (Å²) in [5.74, 6) is -1.17. The van der Waals surface area contributed by atoms with E-state index in [-0.39, 0.29) is 16.1 Å². The molecular formula is C8H9NO5S. The Kier molecular flexibility index (Phi) is 2.96. The van der Waals surface area contributed by atoms with Crippen molar-refractivity contribution in [3.63, 3.8) is 0 Å². The Morgan fingerprint density at radius 2 is 2.00 bits per heavy atom. The van der Waals surface area contributed by atoms with Crippen LogP contribution in [0.4, 0.5) is 5.69 Å². The van der Waals surface area contributed by atoms with E-state index in [0.717, 1.165) is 18.2 Å². The average molecular weight is 231 g/mol. The molecule has 15 heavy (non-hydrogen) atoms. The Labute approximate surface area is 86.3 Å². The van der Waals surface area contributed by atoms with Gasteiger partial charge in [0.05, 0.1) is 11.3 Å². The highest BCUT2D eigenvalue weighted by molar-refractivity contribution is 7.86. The number of carboxylic acids is 1. The fourth-order valence-corrected chi connectivity index (χ4v) is 1.76. The van der Waals surface area contributed by atoms with Crippen molar-refractivity contribution in [2.45, 2.75) is 4.90 Å². The predicted molar refractivity (Wildman–Crippen MR) is 52.8 cm³/mol. The number of aromatic carboxylic acids is 1. The van der Waals surface area contributed by atoms with Crippen LogP contribution in [0.2, 0.25) is 0 Å². The van der Waals surface area contributed by atoms with Crippen molar-refractivity contribution in [3.8, 4) is 0 Å². The van der Waals surface area contributed by atoms with Crippen LogP contribution < -0.4 is 5.32 Å². The van der Waals surface area contributed by atoms with E-state index in [2.05, 4.69) is 5.32 Å². The fourth-order valence-electron chi connectivity index (χ4n) is 1.08. The van der Waals surface area contributed by atoms with Crippen molar-refractivity contribution in [1.29, 1.82) is 0 Å². The summed E-state index contributed by atoms with van der Waals surface area (Å²) in [7, 11) is -2.92. The van der Waals surface area contributed by atoms with Crippen molar-refractivity contribution in [2.75, 3.05) is 12.4 Å². The van der Waals surface area contributed by atoms with Gasteiger partial charge >= 0.3 is 5.97 Å². The minimum atomic E-state index is -4.34. The zero-order valence-electron chi connectivity index (χ0n) is 7.76. The Morgan fingerprint density at radius 3 is 2.40 bits per heavy atom. The lowest BCUT2D eigenvalue weighted by Gasteiger charge is -2.06. The van der Waals surface area contributed by atoms with Crippen LogP contribution in [0.25, 0.3) is 0 Å². The molecule has 0 fully saturated rings. The van der Waals surface area contributed by atoms with Crippen molar-refractivity contribution >= 4 is 21.8 Å². The molecular weight excluding hydrogens is 222 g/mol. The normalized spacial score (nSPS) is 11.1. The molecule has 0 aliphatic rings. The van der Waals surface area contributed by atoms with Gasteiger partial charge < -0.3 is 10.4 Å². The van der Waals surface area contributed by atoms with E-state index in [0.29, 0.717) is 0 Å². The maximum absolute atomic E-state index is 10.9. The highest BCUT2D eigenvalue weighted by atomic mass is 32.2. The molecule has 0 bridgehead atoms. The standard InChI is InChI=1S/C8H9NO5S/c1-9-6-4-5(8(10)11)2-3-7(6)15(12,13)14/h2-4,9H,1H3,(H,10,11)(H,12,13,14). The van der Waals surface area contributed by atoms with Gasteiger partial charge in [-0.1, -0.05) is 0 Å². The third kappa shape index (κ3) is 2.45. The van der Waals surface area contributed by atoms with Crippen LogP contribution in [0.15, 0.2) is 23.1 Å². The van der Waals surface area contributed by atoms with E-state index in [1.165, 1.54) is 7.05 Å². The second-order valence-corrected chi connectivity index (χ2v) is 4.13. The molecule has 0 heterocycles. The molecule has 7 heteroatoms. The van der Waals surface area contributed by atoms with Crippen LogP contribution in [0, 0.1) is 0 Å². The number of anilines is 1. The van der Waals surface area contributed by atoms with Gasteiger partial charge in [0.1, 0.15) is 4.90 Å².